The van der Waals surface area contributed by atoms with Crippen molar-refractivity contribution in [2.45, 2.75) is 44.2 Å². The second-order valence-corrected chi connectivity index (χ2v) is 9.02. The van der Waals surface area contributed by atoms with E-state index in [0.29, 0.717) is 0 Å². The maximum atomic E-state index is 2.35. The Morgan fingerprint density at radius 2 is 1.30 bits per heavy atom. The third-order valence-corrected chi connectivity index (χ3v) is 8.18. The van der Waals surface area contributed by atoms with Gasteiger partial charge in [-0.05, 0) is 53.3 Å². The molecule has 0 radical (unpaired) electrons. The van der Waals surface area contributed by atoms with Gasteiger partial charge >= 0.3 is 0 Å². The fraction of sp³-hybridized carbons (Fsp3) is 0.143. The Morgan fingerprint density at radius 1 is 0.739 bits per heavy atom. The van der Waals surface area contributed by atoms with Crippen LogP contribution in [0.4, 0.5) is 0 Å². The quantitative estimate of drug-likeness (QED) is 0.412. The molecule has 3 aromatic rings. The van der Waals surface area contributed by atoms with E-state index in [1.165, 1.54) is 42.9 Å². The minimum Gasteiger partial charge on any atom is -0.171 e. The number of hydrogen-bond donors (Lipinski definition) is 1. The van der Waals surface area contributed by atoms with Crippen LogP contribution in [-0.4, -0.2) is 0 Å². The van der Waals surface area contributed by atoms with Gasteiger partial charge in [0.15, 0.2) is 0 Å². The lowest BCUT2D eigenvalue weighted by atomic mass is 10.1. The van der Waals surface area contributed by atoms with Crippen molar-refractivity contribution in [2.75, 3.05) is 0 Å². The molecule has 0 fully saturated rings. The van der Waals surface area contributed by atoms with E-state index >= 15 is 0 Å². The molecule has 3 aromatic carbocycles. The van der Waals surface area contributed by atoms with Gasteiger partial charge in [-0.2, -0.15) is 10.9 Å². The summed E-state index contributed by atoms with van der Waals surface area (Å²) in [7, 11) is -0.441. The van der Waals surface area contributed by atoms with E-state index in [9.17, 15) is 0 Å². The molecular weight excluding hydrogens is 316 g/mol. The SMILES string of the molecule is CCCc1ccc([SH]2c3ccccc3Sc3ccccc32)cc1. The molecule has 0 aliphatic carbocycles. The lowest BCUT2D eigenvalue weighted by Gasteiger charge is -2.31. The van der Waals surface area contributed by atoms with E-state index in [4.69, 9.17) is 0 Å². The van der Waals surface area contributed by atoms with Gasteiger partial charge in [-0.25, -0.2) is 0 Å². The molecule has 0 amide bonds. The smallest absolute Gasteiger partial charge is 0.0247 e. The Hall–Kier alpha value is -1.64. The molecule has 1 aliphatic heterocycles. The van der Waals surface area contributed by atoms with Crippen molar-refractivity contribution in [3.05, 3.63) is 78.4 Å². The second kappa shape index (κ2) is 6.46. The topological polar surface area (TPSA) is 0 Å². The molecule has 116 valence electrons. The molecule has 23 heavy (non-hydrogen) atoms. The summed E-state index contributed by atoms with van der Waals surface area (Å²) in [5.74, 6) is 0. The third-order valence-electron chi connectivity index (χ3n) is 4.17. The Kier molecular flexibility index (Phi) is 4.19. The highest BCUT2D eigenvalue weighted by Crippen LogP contribution is 2.61. The summed E-state index contributed by atoms with van der Waals surface area (Å²) in [6.07, 6.45) is 2.37. The summed E-state index contributed by atoms with van der Waals surface area (Å²) in [5, 5.41) is 0. The Labute approximate surface area is 145 Å². The van der Waals surface area contributed by atoms with Gasteiger partial charge in [-0.1, -0.05) is 61.5 Å². The van der Waals surface area contributed by atoms with Gasteiger partial charge in [-0.3, -0.25) is 0 Å². The van der Waals surface area contributed by atoms with E-state index in [1.54, 1.807) is 0 Å². The summed E-state index contributed by atoms with van der Waals surface area (Å²) >= 11 is 1.91. The minimum absolute atomic E-state index is 0.441. The Balaban J connectivity index is 1.84. The number of benzene rings is 3. The molecule has 4 rings (SSSR count). The average Bonchev–Trinajstić information content (AvgIpc) is 2.61. The number of aryl methyl sites for hydroxylation is 1. The van der Waals surface area contributed by atoms with Gasteiger partial charge in [0, 0.05) is 19.6 Å². The van der Waals surface area contributed by atoms with Crippen molar-refractivity contribution >= 4 is 22.7 Å². The maximum absolute atomic E-state index is 2.35. The molecule has 0 spiro atoms. The molecular formula is C21H20S2. The van der Waals surface area contributed by atoms with Crippen molar-refractivity contribution in [1.82, 2.24) is 0 Å². The fourth-order valence-electron chi connectivity index (χ4n) is 3.08. The maximum Gasteiger partial charge on any atom is 0.0247 e. The van der Waals surface area contributed by atoms with Crippen LogP contribution in [0.3, 0.4) is 0 Å². The predicted molar refractivity (Wildman–Crippen MR) is 101 cm³/mol. The molecule has 0 saturated heterocycles. The van der Waals surface area contributed by atoms with Crippen molar-refractivity contribution in [3.8, 4) is 0 Å². The van der Waals surface area contributed by atoms with Crippen LogP contribution in [0.1, 0.15) is 18.9 Å². The summed E-state index contributed by atoms with van der Waals surface area (Å²) < 4.78 is 0. The van der Waals surface area contributed by atoms with Crippen LogP contribution >= 0.6 is 22.7 Å². The van der Waals surface area contributed by atoms with Crippen LogP contribution in [0.5, 0.6) is 0 Å². The monoisotopic (exact) mass is 336 g/mol. The van der Waals surface area contributed by atoms with Crippen molar-refractivity contribution in [1.29, 1.82) is 0 Å². The summed E-state index contributed by atoms with van der Waals surface area (Å²) in [5.41, 5.74) is 1.44. The molecule has 1 aliphatic rings. The van der Waals surface area contributed by atoms with Crippen LogP contribution in [0.2, 0.25) is 0 Å². The van der Waals surface area contributed by atoms with Gasteiger partial charge in [0.2, 0.25) is 0 Å². The van der Waals surface area contributed by atoms with Gasteiger partial charge in [0.1, 0.15) is 0 Å². The minimum atomic E-state index is -0.441. The highest BCUT2D eigenvalue weighted by molar-refractivity contribution is 8.18. The zero-order chi connectivity index (χ0) is 15.6. The van der Waals surface area contributed by atoms with Crippen LogP contribution < -0.4 is 0 Å². The number of fused-ring (bicyclic) bond motifs is 2. The molecule has 0 nitrogen and oxygen atoms in total. The predicted octanol–water partition coefficient (Wildman–Crippen LogP) is 6.58. The lowest BCUT2D eigenvalue weighted by molar-refractivity contribution is 0.920. The van der Waals surface area contributed by atoms with Gasteiger partial charge in [0.05, 0.1) is 0 Å². The first-order valence-corrected chi connectivity index (χ1v) is 10.3. The van der Waals surface area contributed by atoms with Gasteiger partial charge < -0.3 is 0 Å². The highest BCUT2D eigenvalue weighted by Gasteiger charge is 2.24. The number of thiol groups is 1. The molecule has 0 aromatic heterocycles. The van der Waals surface area contributed by atoms with Crippen molar-refractivity contribution in [2.24, 2.45) is 0 Å². The molecule has 0 saturated carbocycles. The first-order chi connectivity index (χ1) is 11.4. The molecule has 0 N–H and O–H groups in total. The lowest BCUT2D eigenvalue weighted by Crippen LogP contribution is -1.97. The molecule has 0 atom stereocenters. The van der Waals surface area contributed by atoms with Crippen LogP contribution in [0.15, 0.2) is 97.3 Å². The molecule has 0 unspecified atom stereocenters. The number of hydrogen-bond acceptors (Lipinski definition) is 1. The van der Waals surface area contributed by atoms with E-state index in [2.05, 4.69) is 79.7 Å². The molecule has 0 bridgehead atoms. The zero-order valence-electron chi connectivity index (χ0n) is 13.2. The Bertz CT molecular complexity index is 776. The van der Waals surface area contributed by atoms with Crippen LogP contribution in [0.25, 0.3) is 0 Å². The first-order valence-electron chi connectivity index (χ1n) is 8.12. The van der Waals surface area contributed by atoms with Crippen LogP contribution in [0, 0.1) is 0 Å². The normalized spacial score (nSPS) is 14.2. The van der Waals surface area contributed by atoms with E-state index in [1.807, 2.05) is 11.8 Å². The number of rotatable bonds is 3. The Morgan fingerprint density at radius 3 is 1.87 bits per heavy atom. The molecule has 2 heteroatoms. The van der Waals surface area contributed by atoms with Gasteiger partial charge in [-0.15, -0.1) is 0 Å². The van der Waals surface area contributed by atoms with Crippen molar-refractivity contribution < 1.29 is 0 Å². The van der Waals surface area contributed by atoms with E-state index in [-0.39, 0.29) is 0 Å². The van der Waals surface area contributed by atoms with E-state index < -0.39 is 10.9 Å². The highest BCUT2D eigenvalue weighted by atomic mass is 32.2. The standard InChI is InChI=1S/C21H20S2/c1-2-7-16-12-14-17(15-13-16)23-20-10-5-3-8-18(20)22-19-9-4-6-11-21(19)23/h3-6,8-15,23H,2,7H2,1H3. The zero-order valence-corrected chi connectivity index (χ0v) is 14.9. The fourth-order valence-corrected chi connectivity index (χ4v) is 7.10. The summed E-state index contributed by atoms with van der Waals surface area (Å²) in [4.78, 5) is 7.27. The largest absolute Gasteiger partial charge is 0.171 e. The first kappa shape index (κ1) is 14.9. The summed E-state index contributed by atoms with van der Waals surface area (Å²) in [6, 6.07) is 27.1. The molecule has 1 heterocycles. The van der Waals surface area contributed by atoms with Crippen molar-refractivity contribution in [3.63, 3.8) is 0 Å². The van der Waals surface area contributed by atoms with Crippen LogP contribution in [-0.2, 0) is 6.42 Å². The third kappa shape index (κ3) is 2.82. The second-order valence-electron chi connectivity index (χ2n) is 5.79. The average molecular weight is 337 g/mol. The van der Waals surface area contributed by atoms with Gasteiger partial charge in [0.25, 0.3) is 0 Å². The van der Waals surface area contributed by atoms with E-state index in [0.717, 1.165) is 0 Å². The summed E-state index contributed by atoms with van der Waals surface area (Å²) in [6.45, 7) is 2.24.